The van der Waals surface area contributed by atoms with Crippen molar-refractivity contribution in [3.63, 3.8) is 0 Å². The first-order valence-electron chi connectivity index (χ1n) is 10.8. The summed E-state index contributed by atoms with van der Waals surface area (Å²) in [5, 5.41) is 1.06. The van der Waals surface area contributed by atoms with E-state index in [0.717, 1.165) is 52.3 Å². The molecule has 0 N–H and O–H groups in total. The third-order valence-electron chi connectivity index (χ3n) is 6.16. The normalized spacial score (nSPS) is 23.9. The van der Waals surface area contributed by atoms with Crippen molar-refractivity contribution in [3.8, 4) is 0 Å². The quantitative estimate of drug-likeness (QED) is 0.428. The fourth-order valence-corrected chi connectivity index (χ4v) is 6.55. The minimum absolute atomic E-state index is 0.0617. The van der Waals surface area contributed by atoms with E-state index in [1.54, 1.807) is 11.8 Å². The van der Waals surface area contributed by atoms with Crippen molar-refractivity contribution in [2.75, 3.05) is 6.54 Å². The van der Waals surface area contributed by atoms with Crippen molar-refractivity contribution in [1.29, 1.82) is 0 Å². The average Bonchev–Trinajstić information content (AvgIpc) is 3.34. The zero-order valence-corrected chi connectivity index (χ0v) is 20.4. The highest BCUT2D eigenvalue weighted by atomic mass is 127. The lowest BCUT2D eigenvalue weighted by molar-refractivity contribution is -0.136. The molecule has 0 saturated carbocycles. The first kappa shape index (κ1) is 21.0. The molecule has 0 aliphatic carbocycles. The number of pyridine rings is 1. The molecule has 0 spiro atoms. The van der Waals surface area contributed by atoms with Crippen LogP contribution in [0.25, 0.3) is 5.65 Å². The molecule has 0 radical (unpaired) electrons. The summed E-state index contributed by atoms with van der Waals surface area (Å²) in [5.41, 5.74) is 3.22. The smallest absolute Gasteiger partial charge is 0.249 e. The number of carbonyl (C=O) groups is 1. The van der Waals surface area contributed by atoms with E-state index in [1.165, 1.54) is 5.56 Å². The number of hydrogen-bond acceptors (Lipinski definition) is 4. The SMILES string of the molecule is CC1=NC(C(=O)N2CCCC[C@H]2Cc2nc3ccccn3c2I)C(c2ccccc2)S1. The number of piperidine rings is 1. The molecule has 5 nitrogen and oxygen atoms in total. The highest BCUT2D eigenvalue weighted by molar-refractivity contribution is 14.1. The second-order valence-electron chi connectivity index (χ2n) is 8.21. The number of amides is 1. The maximum atomic E-state index is 13.8. The van der Waals surface area contributed by atoms with Gasteiger partial charge in [-0.1, -0.05) is 36.4 Å². The number of halogens is 1. The lowest BCUT2D eigenvalue weighted by Gasteiger charge is -2.37. The monoisotopic (exact) mass is 544 g/mol. The number of aliphatic imine (C=N–C) groups is 1. The zero-order chi connectivity index (χ0) is 21.4. The summed E-state index contributed by atoms with van der Waals surface area (Å²) in [6.07, 6.45) is 6.08. The molecule has 7 heteroatoms. The van der Waals surface area contributed by atoms with Gasteiger partial charge < -0.3 is 4.90 Å². The molecule has 2 aromatic heterocycles. The second kappa shape index (κ2) is 8.94. The molecule has 2 aliphatic rings. The first-order valence-corrected chi connectivity index (χ1v) is 12.8. The summed E-state index contributed by atoms with van der Waals surface area (Å²) >= 11 is 4.09. The highest BCUT2D eigenvalue weighted by Crippen LogP contribution is 2.41. The number of benzene rings is 1. The molecule has 31 heavy (non-hydrogen) atoms. The molecule has 1 saturated heterocycles. The maximum Gasteiger partial charge on any atom is 0.249 e. The van der Waals surface area contributed by atoms with Crippen molar-refractivity contribution in [1.82, 2.24) is 14.3 Å². The van der Waals surface area contributed by atoms with Crippen LogP contribution in [0, 0.1) is 3.70 Å². The standard InChI is InChI=1S/C24H25IN4OS/c1-16-26-21(22(31-16)17-9-3-2-4-10-17)24(30)28-13-7-5-11-18(28)15-19-23(25)29-14-8-6-12-20(29)27-19/h2-4,6,8-10,12,14,18,21-22H,5,7,11,13,15H2,1H3/t18-,21?,22?/m0/s1. The minimum Gasteiger partial charge on any atom is -0.337 e. The van der Waals surface area contributed by atoms with Crippen LogP contribution >= 0.6 is 34.4 Å². The van der Waals surface area contributed by atoms with Gasteiger partial charge in [0.05, 0.1) is 16.0 Å². The van der Waals surface area contributed by atoms with E-state index in [-0.39, 0.29) is 23.2 Å². The molecule has 160 valence electrons. The minimum atomic E-state index is -0.340. The fraction of sp³-hybridized carbons (Fsp3) is 0.375. The van der Waals surface area contributed by atoms with Crippen LogP contribution in [0.5, 0.6) is 0 Å². The van der Waals surface area contributed by atoms with Gasteiger partial charge in [-0.05, 0) is 66.5 Å². The van der Waals surface area contributed by atoms with Gasteiger partial charge in [0, 0.05) is 25.2 Å². The van der Waals surface area contributed by atoms with E-state index in [0.29, 0.717) is 0 Å². The molecular formula is C24H25IN4OS. The molecule has 2 unspecified atom stereocenters. The summed E-state index contributed by atoms with van der Waals surface area (Å²) in [7, 11) is 0. The number of thioether (sulfide) groups is 1. The number of imidazole rings is 1. The molecule has 3 aromatic rings. The van der Waals surface area contributed by atoms with Crippen LogP contribution in [0.2, 0.25) is 0 Å². The molecule has 4 heterocycles. The molecule has 5 rings (SSSR count). The van der Waals surface area contributed by atoms with Crippen LogP contribution in [-0.2, 0) is 11.2 Å². The summed E-state index contributed by atoms with van der Waals surface area (Å²) < 4.78 is 3.26. The lowest BCUT2D eigenvalue weighted by Crippen LogP contribution is -2.49. The van der Waals surface area contributed by atoms with Crippen molar-refractivity contribution in [3.05, 3.63) is 69.7 Å². The molecule has 2 aliphatic heterocycles. The van der Waals surface area contributed by atoms with Crippen LogP contribution in [0.1, 0.15) is 42.7 Å². The predicted molar refractivity (Wildman–Crippen MR) is 135 cm³/mol. The van der Waals surface area contributed by atoms with Crippen molar-refractivity contribution < 1.29 is 4.79 Å². The Kier molecular flexibility index (Phi) is 6.05. The number of likely N-dealkylation sites (tertiary alicyclic amines) is 1. The summed E-state index contributed by atoms with van der Waals surface area (Å²) in [4.78, 5) is 25.5. The molecule has 0 bridgehead atoms. The van der Waals surface area contributed by atoms with Gasteiger partial charge in [0.15, 0.2) is 0 Å². The molecule has 1 amide bonds. The van der Waals surface area contributed by atoms with Gasteiger partial charge in [0.1, 0.15) is 15.4 Å². The van der Waals surface area contributed by atoms with Crippen LogP contribution in [0.3, 0.4) is 0 Å². The van der Waals surface area contributed by atoms with E-state index in [9.17, 15) is 4.79 Å². The van der Waals surface area contributed by atoms with Gasteiger partial charge in [0.2, 0.25) is 5.91 Å². The highest BCUT2D eigenvalue weighted by Gasteiger charge is 2.40. The topological polar surface area (TPSA) is 50.0 Å². The summed E-state index contributed by atoms with van der Waals surface area (Å²) in [5.74, 6) is 0.168. The Labute approximate surface area is 200 Å². The molecule has 1 aromatic carbocycles. The number of fused-ring (bicyclic) bond motifs is 1. The number of nitrogens with zero attached hydrogens (tertiary/aromatic N) is 4. The van der Waals surface area contributed by atoms with Gasteiger partial charge in [-0.15, -0.1) is 11.8 Å². The lowest BCUT2D eigenvalue weighted by atomic mass is 9.96. The summed E-state index contributed by atoms with van der Waals surface area (Å²) in [6, 6.07) is 16.2. The number of rotatable bonds is 4. The second-order valence-corrected chi connectivity index (χ2v) is 10.6. The zero-order valence-electron chi connectivity index (χ0n) is 17.4. The van der Waals surface area contributed by atoms with Gasteiger partial charge in [-0.25, -0.2) is 4.98 Å². The fourth-order valence-electron chi connectivity index (χ4n) is 4.66. The van der Waals surface area contributed by atoms with E-state index in [2.05, 4.69) is 50.2 Å². The van der Waals surface area contributed by atoms with Crippen LogP contribution in [-0.4, -0.2) is 43.9 Å². The van der Waals surface area contributed by atoms with Crippen LogP contribution in [0.15, 0.2) is 59.7 Å². The maximum absolute atomic E-state index is 13.8. The first-order chi connectivity index (χ1) is 15.1. The van der Waals surface area contributed by atoms with Crippen molar-refractivity contribution in [2.24, 2.45) is 4.99 Å². The van der Waals surface area contributed by atoms with Gasteiger partial charge in [-0.3, -0.25) is 14.2 Å². The average molecular weight is 544 g/mol. The van der Waals surface area contributed by atoms with E-state index in [4.69, 9.17) is 9.98 Å². The largest absolute Gasteiger partial charge is 0.337 e. The Balaban J connectivity index is 1.40. The third-order valence-corrected chi connectivity index (χ3v) is 8.54. The van der Waals surface area contributed by atoms with Crippen LogP contribution < -0.4 is 0 Å². The number of carbonyl (C=O) groups excluding carboxylic acids is 1. The van der Waals surface area contributed by atoms with Gasteiger partial charge >= 0.3 is 0 Å². The van der Waals surface area contributed by atoms with Gasteiger partial charge in [-0.2, -0.15) is 0 Å². The summed E-state index contributed by atoms with van der Waals surface area (Å²) in [6.45, 7) is 2.82. The Morgan fingerprint density at radius 2 is 1.97 bits per heavy atom. The van der Waals surface area contributed by atoms with E-state index >= 15 is 0 Å². The predicted octanol–water partition coefficient (Wildman–Crippen LogP) is 5.14. The van der Waals surface area contributed by atoms with E-state index in [1.807, 2.05) is 43.3 Å². The molecule has 1 fully saturated rings. The number of aromatic nitrogens is 2. The molecule has 3 atom stereocenters. The third kappa shape index (κ3) is 4.14. The van der Waals surface area contributed by atoms with Crippen molar-refractivity contribution >= 4 is 51.0 Å². The van der Waals surface area contributed by atoms with Crippen LogP contribution in [0.4, 0.5) is 0 Å². The number of hydrogen-bond donors (Lipinski definition) is 0. The van der Waals surface area contributed by atoms with Crippen molar-refractivity contribution in [2.45, 2.75) is 49.9 Å². The Hall–Kier alpha value is -1.87. The Bertz CT molecular complexity index is 1130. The van der Waals surface area contributed by atoms with E-state index < -0.39 is 0 Å². The molecular weight excluding hydrogens is 519 g/mol. The Morgan fingerprint density at radius 1 is 1.16 bits per heavy atom. The Morgan fingerprint density at radius 3 is 2.77 bits per heavy atom. The van der Waals surface area contributed by atoms with Gasteiger partial charge in [0.25, 0.3) is 0 Å².